The highest BCUT2D eigenvalue weighted by atomic mass is 16.5. The van der Waals surface area contributed by atoms with Gasteiger partial charge in [-0.25, -0.2) is 0 Å². The largest absolute Gasteiger partial charge is 0.486 e. The Hall–Kier alpha value is -2.33. The first-order chi connectivity index (χ1) is 15.0. The van der Waals surface area contributed by atoms with Crippen molar-refractivity contribution < 1.29 is 14.3 Å². The van der Waals surface area contributed by atoms with Crippen LogP contribution in [0.3, 0.4) is 0 Å². The number of hydrogen-bond donors (Lipinski definition) is 0. The van der Waals surface area contributed by atoms with Crippen LogP contribution in [-0.4, -0.2) is 37.6 Å². The van der Waals surface area contributed by atoms with Crippen molar-refractivity contribution in [2.24, 2.45) is 5.41 Å². The van der Waals surface area contributed by atoms with Gasteiger partial charge in [-0.15, -0.1) is 0 Å². The third kappa shape index (κ3) is 8.66. The van der Waals surface area contributed by atoms with Crippen LogP contribution in [0.1, 0.15) is 71.6 Å². The fraction of sp³-hybridized carbons (Fsp3) is 0.536. The van der Waals surface area contributed by atoms with Crippen molar-refractivity contribution in [2.45, 2.75) is 65.9 Å². The molecule has 0 bridgehead atoms. The first-order valence-electron chi connectivity index (χ1n) is 11.7. The Bertz CT molecular complexity index is 822. The molecule has 4 heteroatoms. The Labute approximate surface area is 194 Å². The summed E-state index contributed by atoms with van der Waals surface area (Å²) in [6.07, 6.45) is 1.80. The Morgan fingerprint density at radius 3 is 2.16 bits per heavy atom. The minimum absolute atomic E-state index is 0.0886. The fourth-order valence-electron chi connectivity index (χ4n) is 4.38. The van der Waals surface area contributed by atoms with Crippen LogP contribution in [0.15, 0.2) is 54.6 Å². The summed E-state index contributed by atoms with van der Waals surface area (Å²) in [7, 11) is 1.94. The van der Waals surface area contributed by atoms with E-state index in [0.717, 1.165) is 30.7 Å². The smallest absolute Gasteiger partial charge is 0.320 e. The van der Waals surface area contributed by atoms with Crippen molar-refractivity contribution in [3.8, 4) is 5.75 Å². The van der Waals surface area contributed by atoms with Crippen molar-refractivity contribution in [3.05, 3.63) is 65.7 Å². The van der Waals surface area contributed by atoms with Gasteiger partial charge in [0.1, 0.15) is 11.9 Å². The molecule has 0 aliphatic rings. The second kappa shape index (κ2) is 11.5. The molecule has 0 saturated heterocycles. The molecule has 0 aliphatic heterocycles. The van der Waals surface area contributed by atoms with E-state index >= 15 is 0 Å². The van der Waals surface area contributed by atoms with Gasteiger partial charge in [0.25, 0.3) is 0 Å². The predicted molar refractivity (Wildman–Crippen MR) is 132 cm³/mol. The number of ether oxygens (including phenoxy) is 2. The van der Waals surface area contributed by atoms with Crippen LogP contribution >= 0.6 is 0 Å². The molecule has 0 spiro atoms. The van der Waals surface area contributed by atoms with E-state index in [1.807, 2.05) is 37.1 Å². The number of carbonyl (C=O) groups is 1. The highest BCUT2D eigenvalue weighted by molar-refractivity contribution is 5.71. The normalized spacial score (nSPS) is 13.1. The van der Waals surface area contributed by atoms with Crippen LogP contribution in [0, 0.1) is 5.41 Å². The van der Waals surface area contributed by atoms with Crippen molar-refractivity contribution >= 4 is 5.97 Å². The molecule has 0 aromatic heterocycles. The second-order valence-corrected chi connectivity index (χ2v) is 10.5. The molecule has 0 N–H and O–H groups in total. The molecule has 1 atom stereocenters. The highest BCUT2D eigenvalue weighted by Crippen LogP contribution is 2.37. The zero-order chi connectivity index (χ0) is 23.8. The minimum atomic E-state index is -0.194. The number of benzene rings is 2. The van der Waals surface area contributed by atoms with Crippen LogP contribution in [0.4, 0.5) is 0 Å². The number of esters is 1. The summed E-state index contributed by atoms with van der Waals surface area (Å²) >= 11 is 0. The predicted octanol–water partition coefficient (Wildman–Crippen LogP) is 6.41. The molecule has 0 heterocycles. The van der Waals surface area contributed by atoms with Gasteiger partial charge in [-0.2, -0.15) is 0 Å². The van der Waals surface area contributed by atoms with Gasteiger partial charge in [0.05, 0.1) is 13.2 Å². The van der Waals surface area contributed by atoms with Gasteiger partial charge >= 0.3 is 5.97 Å². The van der Waals surface area contributed by atoms with Gasteiger partial charge in [-0.05, 0) is 54.5 Å². The van der Waals surface area contributed by atoms with E-state index in [2.05, 4.69) is 71.0 Å². The van der Waals surface area contributed by atoms with E-state index in [1.54, 1.807) is 0 Å². The molecule has 4 nitrogen and oxygen atoms in total. The average Bonchev–Trinajstić information content (AvgIpc) is 2.70. The van der Waals surface area contributed by atoms with E-state index in [4.69, 9.17) is 9.47 Å². The van der Waals surface area contributed by atoms with Gasteiger partial charge in [-0.1, -0.05) is 77.1 Å². The summed E-state index contributed by atoms with van der Waals surface area (Å²) < 4.78 is 11.5. The van der Waals surface area contributed by atoms with E-state index < -0.39 is 0 Å². The fourth-order valence-corrected chi connectivity index (χ4v) is 4.38. The Kier molecular flexibility index (Phi) is 9.33. The maximum Gasteiger partial charge on any atom is 0.320 e. The Morgan fingerprint density at radius 2 is 1.59 bits per heavy atom. The lowest BCUT2D eigenvalue weighted by molar-refractivity contribution is -0.144. The standard InChI is InChI=1S/C28H41NO3/c1-8-31-26(30)20-29(7)19-18-25(22-12-10-9-11-13-22)32-24-16-14-23(15-17-24)28(5,6)21-27(2,3)4/h9-17,25H,8,18-21H2,1-7H3. The molecule has 0 radical (unpaired) electrons. The van der Waals surface area contributed by atoms with Gasteiger partial charge in [-0.3, -0.25) is 9.69 Å². The summed E-state index contributed by atoms with van der Waals surface area (Å²) in [6, 6.07) is 18.8. The Morgan fingerprint density at radius 1 is 0.969 bits per heavy atom. The Balaban J connectivity index is 2.09. The van der Waals surface area contributed by atoms with Crippen LogP contribution < -0.4 is 4.74 Å². The third-order valence-electron chi connectivity index (χ3n) is 5.54. The zero-order valence-corrected chi connectivity index (χ0v) is 21.0. The number of rotatable bonds is 11. The molecule has 0 fully saturated rings. The summed E-state index contributed by atoms with van der Waals surface area (Å²) in [5.41, 5.74) is 2.83. The highest BCUT2D eigenvalue weighted by Gasteiger charge is 2.27. The number of likely N-dealkylation sites (N-methyl/N-ethyl adjacent to an activating group) is 1. The van der Waals surface area contributed by atoms with E-state index in [1.165, 1.54) is 5.56 Å². The summed E-state index contributed by atoms with van der Waals surface area (Å²) in [5, 5.41) is 0. The zero-order valence-electron chi connectivity index (χ0n) is 21.0. The first kappa shape index (κ1) is 25.9. The lowest BCUT2D eigenvalue weighted by atomic mass is 9.72. The SMILES string of the molecule is CCOC(=O)CN(C)CCC(Oc1ccc(C(C)(C)CC(C)(C)C)cc1)c1ccccc1. The second-order valence-electron chi connectivity index (χ2n) is 10.5. The van der Waals surface area contributed by atoms with Crippen molar-refractivity contribution in [3.63, 3.8) is 0 Å². The summed E-state index contributed by atoms with van der Waals surface area (Å²) in [4.78, 5) is 13.7. The van der Waals surface area contributed by atoms with Gasteiger partial charge in [0, 0.05) is 13.0 Å². The monoisotopic (exact) mass is 439 g/mol. The maximum atomic E-state index is 11.8. The molecule has 32 heavy (non-hydrogen) atoms. The van der Waals surface area contributed by atoms with Crippen molar-refractivity contribution in [1.29, 1.82) is 0 Å². The molecule has 176 valence electrons. The van der Waals surface area contributed by atoms with Crippen LogP contribution in [0.2, 0.25) is 0 Å². The molecule has 1 unspecified atom stereocenters. The van der Waals surface area contributed by atoms with E-state index in [9.17, 15) is 4.79 Å². The maximum absolute atomic E-state index is 11.8. The van der Waals surface area contributed by atoms with E-state index in [0.29, 0.717) is 6.61 Å². The molecule has 0 saturated carbocycles. The molecule has 0 aliphatic carbocycles. The van der Waals surface area contributed by atoms with Gasteiger partial charge < -0.3 is 9.47 Å². The number of hydrogen-bond acceptors (Lipinski definition) is 4. The molecular weight excluding hydrogens is 398 g/mol. The lowest BCUT2D eigenvalue weighted by Crippen LogP contribution is -2.29. The summed E-state index contributed by atoms with van der Waals surface area (Å²) in [5.74, 6) is 0.669. The first-order valence-corrected chi connectivity index (χ1v) is 11.7. The lowest BCUT2D eigenvalue weighted by Gasteiger charge is -2.33. The number of nitrogens with zero attached hydrogens (tertiary/aromatic N) is 1. The van der Waals surface area contributed by atoms with Crippen LogP contribution in [0.25, 0.3) is 0 Å². The topological polar surface area (TPSA) is 38.8 Å². The summed E-state index contributed by atoms with van der Waals surface area (Å²) in [6.45, 7) is 14.7. The van der Waals surface area contributed by atoms with E-state index in [-0.39, 0.29) is 29.4 Å². The van der Waals surface area contributed by atoms with Gasteiger partial charge in [0.15, 0.2) is 0 Å². The molecule has 0 amide bonds. The van der Waals surface area contributed by atoms with Crippen molar-refractivity contribution in [2.75, 3.05) is 26.7 Å². The molecule has 2 aromatic carbocycles. The third-order valence-corrected chi connectivity index (χ3v) is 5.54. The molecule has 2 aromatic rings. The van der Waals surface area contributed by atoms with Crippen LogP contribution in [0.5, 0.6) is 5.75 Å². The number of carbonyl (C=O) groups excluding carboxylic acids is 1. The van der Waals surface area contributed by atoms with Crippen LogP contribution in [-0.2, 0) is 14.9 Å². The van der Waals surface area contributed by atoms with Crippen molar-refractivity contribution in [1.82, 2.24) is 4.90 Å². The minimum Gasteiger partial charge on any atom is -0.486 e. The quantitative estimate of drug-likeness (QED) is 0.379. The average molecular weight is 440 g/mol. The van der Waals surface area contributed by atoms with Gasteiger partial charge in [0.2, 0.25) is 0 Å². The molecule has 2 rings (SSSR count). The molecular formula is C28H41NO3.